The van der Waals surface area contributed by atoms with Crippen molar-refractivity contribution in [2.45, 2.75) is 4.90 Å². The largest absolute Gasteiger partial charge is 0.493 e. The molecule has 0 saturated carbocycles. The van der Waals surface area contributed by atoms with Gasteiger partial charge in [-0.15, -0.1) is 0 Å². The summed E-state index contributed by atoms with van der Waals surface area (Å²) in [6.45, 7) is -0.528. The fraction of sp³-hybridized carbons (Fsp3) is 0.154. The van der Waals surface area contributed by atoms with E-state index in [9.17, 15) is 18.0 Å². The van der Waals surface area contributed by atoms with Gasteiger partial charge in [0.1, 0.15) is 6.54 Å². The van der Waals surface area contributed by atoms with Gasteiger partial charge in [-0.1, -0.05) is 36.4 Å². The van der Waals surface area contributed by atoms with E-state index in [0.29, 0.717) is 22.3 Å². The van der Waals surface area contributed by atoms with Gasteiger partial charge in [0, 0.05) is 17.6 Å². The van der Waals surface area contributed by atoms with E-state index in [4.69, 9.17) is 14.2 Å². The van der Waals surface area contributed by atoms with Crippen LogP contribution in [0.25, 0.3) is 10.9 Å². The Morgan fingerprint density at radius 3 is 2.19 bits per heavy atom. The molecule has 0 aliphatic heterocycles. The number of para-hydroxylation sites is 2. The van der Waals surface area contributed by atoms with Gasteiger partial charge in [0.05, 0.1) is 43.0 Å². The molecule has 186 valence electrons. The average Bonchev–Trinajstić information content (AvgIpc) is 3.31. The van der Waals surface area contributed by atoms with Crippen molar-refractivity contribution in [1.82, 2.24) is 4.57 Å². The van der Waals surface area contributed by atoms with Crippen molar-refractivity contribution in [3.63, 3.8) is 0 Å². The smallest absolute Gasteiger partial charge is 0.340 e. The van der Waals surface area contributed by atoms with Crippen LogP contribution in [0.15, 0.2) is 83.9 Å². The summed E-state index contributed by atoms with van der Waals surface area (Å²) in [5.41, 5.74) is 0.958. The van der Waals surface area contributed by atoms with E-state index in [-0.39, 0.29) is 16.2 Å². The monoisotopic (exact) mass is 508 g/mol. The molecule has 10 heteroatoms. The van der Waals surface area contributed by atoms with Crippen LogP contribution in [0, 0.1) is 0 Å². The third kappa shape index (κ3) is 4.50. The zero-order valence-electron chi connectivity index (χ0n) is 19.9. The molecule has 36 heavy (non-hydrogen) atoms. The van der Waals surface area contributed by atoms with Crippen molar-refractivity contribution < 1.29 is 32.2 Å². The lowest BCUT2D eigenvalue weighted by Crippen LogP contribution is -2.37. The Bertz CT molecular complexity index is 1530. The van der Waals surface area contributed by atoms with Gasteiger partial charge in [-0.2, -0.15) is 0 Å². The lowest BCUT2D eigenvalue weighted by molar-refractivity contribution is 0.0603. The van der Waals surface area contributed by atoms with E-state index in [1.165, 1.54) is 50.3 Å². The lowest BCUT2D eigenvalue weighted by atomic mass is 10.2. The normalized spacial score (nSPS) is 11.2. The molecule has 4 aromatic rings. The van der Waals surface area contributed by atoms with Crippen molar-refractivity contribution in [2.24, 2.45) is 0 Å². The van der Waals surface area contributed by atoms with Crippen molar-refractivity contribution in [3.8, 4) is 11.5 Å². The number of aromatic nitrogens is 1. The van der Waals surface area contributed by atoms with Crippen LogP contribution in [0.2, 0.25) is 0 Å². The number of hydrogen-bond acceptors (Lipinski definition) is 7. The van der Waals surface area contributed by atoms with E-state index >= 15 is 0 Å². The number of methoxy groups -OCH3 is 3. The Kier molecular flexibility index (Phi) is 6.98. The van der Waals surface area contributed by atoms with Gasteiger partial charge in [-0.25, -0.2) is 13.2 Å². The number of nitrogens with zero attached hydrogens (tertiary/aromatic N) is 2. The lowest BCUT2D eigenvalue weighted by Gasteiger charge is -2.24. The maximum atomic E-state index is 13.8. The molecule has 4 rings (SSSR count). The van der Waals surface area contributed by atoms with Crippen molar-refractivity contribution in [2.75, 3.05) is 32.2 Å². The highest BCUT2D eigenvalue weighted by atomic mass is 32.2. The number of benzene rings is 3. The van der Waals surface area contributed by atoms with Crippen LogP contribution in [0.1, 0.15) is 15.2 Å². The third-order valence-corrected chi connectivity index (χ3v) is 7.42. The fourth-order valence-corrected chi connectivity index (χ4v) is 5.30. The van der Waals surface area contributed by atoms with E-state index in [0.717, 1.165) is 4.31 Å². The molecule has 0 radical (unpaired) electrons. The predicted molar refractivity (Wildman–Crippen MR) is 134 cm³/mol. The first-order valence-electron chi connectivity index (χ1n) is 10.8. The van der Waals surface area contributed by atoms with Crippen LogP contribution in [0.4, 0.5) is 5.69 Å². The second kappa shape index (κ2) is 10.1. The topological polar surface area (TPSA) is 104 Å². The second-order valence-electron chi connectivity index (χ2n) is 7.68. The molecule has 0 bridgehead atoms. The van der Waals surface area contributed by atoms with Crippen molar-refractivity contribution >= 4 is 38.5 Å². The number of fused-ring (bicyclic) bond motifs is 1. The summed E-state index contributed by atoms with van der Waals surface area (Å²) < 4.78 is 45.2. The highest BCUT2D eigenvalue weighted by molar-refractivity contribution is 7.92. The Labute approximate surface area is 208 Å². The number of anilines is 1. The molecule has 0 saturated heterocycles. The van der Waals surface area contributed by atoms with Crippen molar-refractivity contribution in [3.05, 3.63) is 84.6 Å². The highest BCUT2D eigenvalue weighted by Gasteiger charge is 2.30. The highest BCUT2D eigenvalue weighted by Crippen LogP contribution is 2.32. The molecule has 0 unspecified atom stereocenters. The molecular formula is C26H24N2O7S. The summed E-state index contributed by atoms with van der Waals surface area (Å²) in [6.07, 6.45) is 1.37. The summed E-state index contributed by atoms with van der Waals surface area (Å²) in [5, 5.41) is 0.520. The van der Waals surface area contributed by atoms with Crippen LogP contribution in [0.3, 0.4) is 0 Å². The average molecular weight is 509 g/mol. The molecule has 1 aromatic heterocycles. The van der Waals surface area contributed by atoms with Gasteiger partial charge in [-0.05, 0) is 30.3 Å². The molecule has 0 spiro atoms. The Morgan fingerprint density at radius 2 is 1.53 bits per heavy atom. The first-order valence-corrected chi connectivity index (χ1v) is 12.3. The molecular weight excluding hydrogens is 484 g/mol. The molecule has 1 heterocycles. The maximum absolute atomic E-state index is 13.8. The minimum absolute atomic E-state index is 0.0792. The fourth-order valence-electron chi connectivity index (χ4n) is 3.87. The molecule has 0 aliphatic carbocycles. The predicted octanol–water partition coefficient (Wildman–Crippen LogP) is 3.98. The van der Waals surface area contributed by atoms with Crippen molar-refractivity contribution in [1.29, 1.82) is 0 Å². The second-order valence-corrected chi connectivity index (χ2v) is 9.54. The van der Waals surface area contributed by atoms with Gasteiger partial charge in [-0.3, -0.25) is 13.7 Å². The van der Waals surface area contributed by atoms with E-state index < -0.39 is 28.4 Å². The van der Waals surface area contributed by atoms with E-state index in [1.54, 1.807) is 54.6 Å². The minimum atomic E-state index is -4.21. The molecule has 0 amide bonds. The van der Waals surface area contributed by atoms with Gasteiger partial charge in [0.15, 0.2) is 11.5 Å². The summed E-state index contributed by atoms with van der Waals surface area (Å²) in [4.78, 5) is 25.7. The standard InChI is InChI=1S/C26H24N2O7S/c1-33-23-14-13-19(15-24(23)34-2)36(31,32)28(18-9-5-4-6-10-18)17-25(29)27-16-21(26(30)35-3)20-11-7-8-12-22(20)27/h4-16H,17H2,1-3H3. The maximum Gasteiger partial charge on any atom is 0.340 e. The Morgan fingerprint density at radius 1 is 0.861 bits per heavy atom. The van der Waals surface area contributed by atoms with Gasteiger partial charge < -0.3 is 14.2 Å². The molecule has 0 fully saturated rings. The number of hydrogen-bond donors (Lipinski definition) is 0. The Balaban J connectivity index is 1.80. The van der Waals surface area contributed by atoms with Crippen LogP contribution >= 0.6 is 0 Å². The molecule has 3 aromatic carbocycles. The zero-order valence-corrected chi connectivity index (χ0v) is 20.7. The summed E-state index contributed by atoms with van der Waals surface area (Å²) in [6, 6.07) is 19.3. The summed E-state index contributed by atoms with van der Waals surface area (Å²) >= 11 is 0. The number of rotatable bonds is 8. The molecule has 0 aliphatic rings. The summed E-state index contributed by atoms with van der Waals surface area (Å²) in [7, 11) is -0.102. The Hall–Kier alpha value is -4.31. The van der Waals surface area contributed by atoms with Crippen LogP contribution in [-0.2, 0) is 14.8 Å². The number of carbonyl (C=O) groups is 2. The zero-order chi connectivity index (χ0) is 25.9. The van der Waals surface area contributed by atoms with E-state index in [2.05, 4.69) is 0 Å². The first-order chi connectivity index (χ1) is 17.3. The number of ether oxygens (including phenoxy) is 3. The number of carbonyl (C=O) groups excluding carboxylic acids is 2. The quantitative estimate of drug-likeness (QED) is 0.332. The number of esters is 1. The van der Waals surface area contributed by atoms with Gasteiger partial charge in [0.2, 0.25) is 0 Å². The number of sulfonamides is 1. The van der Waals surface area contributed by atoms with Crippen LogP contribution in [0.5, 0.6) is 11.5 Å². The van der Waals surface area contributed by atoms with Gasteiger partial charge >= 0.3 is 5.97 Å². The third-order valence-electron chi connectivity index (χ3n) is 5.65. The van der Waals surface area contributed by atoms with Crippen LogP contribution in [-0.4, -0.2) is 52.7 Å². The molecule has 0 N–H and O–H groups in total. The van der Waals surface area contributed by atoms with Crippen LogP contribution < -0.4 is 13.8 Å². The summed E-state index contributed by atoms with van der Waals surface area (Å²) in [5.74, 6) is -0.560. The minimum Gasteiger partial charge on any atom is -0.493 e. The van der Waals surface area contributed by atoms with Gasteiger partial charge in [0.25, 0.3) is 15.9 Å². The molecule has 9 nitrogen and oxygen atoms in total. The SMILES string of the molecule is COC(=O)c1cn(C(=O)CN(c2ccccc2)S(=O)(=O)c2ccc(OC)c(OC)c2)c2ccccc12. The van der Waals surface area contributed by atoms with E-state index in [1.807, 2.05) is 0 Å². The molecule has 0 atom stereocenters. The first kappa shape index (κ1) is 24.8.